The summed E-state index contributed by atoms with van der Waals surface area (Å²) in [6, 6.07) is 13.5. The highest BCUT2D eigenvalue weighted by atomic mass is 32.2. The molecule has 2 N–H and O–H groups in total. The SMILES string of the molecule is Cc1ccc(NC(=O)c2cccc(S(=O)(=O)NC3CC3)c2)cc1. The fourth-order valence-electron chi connectivity index (χ4n) is 2.13. The monoisotopic (exact) mass is 330 g/mol. The first-order valence-corrected chi connectivity index (χ1v) is 8.93. The summed E-state index contributed by atoms with van der Waals surface area (Å²) in [4.78, 5) is 12.4. The van der Waals surface area contributed by atoms with Gasteiger partial charge in [-0.15, -0.1) is 0 Å². The molecule has 0 unspecified atom stereocenters. The van der Waals surface area contributed by atoms with Gasteiger partial charge in [-0.05, 0) is 50.1 Å². The number of hydrogen-bond donors (Lipinski definition) is 2. The summed E-state index contributed by atoms with van der Waals surface area (Å²) < 4.78 is 27.0. The smallest absolute Gasteiger partial charge is 0.255 e. The zero-order valence-electron chi connectivity index (χ0n) is 12.7. The molecule has 0 radical (unpaired) electrons. The van der Waals surface area contributed by atoms with Crippen LogP contribution in [0.25, 0.3) is 0 Å². The highest BCUT2D eigenvalue weighted by Crippen LogP contribution is 2.22. The lowest BCUT2D eigenvalue weighted by Crippen LogP contribution is -2.26. The summed E-state index contributed by atoms with van der Waals surface area (Å²) in [7, 11) is -3.56. The molecule has 23 heavy (non-hydrogen) atoms. The fourth-order valence-corrected chi connectivity index (χ4v) is 3.48. The number of carbonyl (C=O) groups is 1. The maximum Gasteiger partial charge on any atom is 0.255 e. The number of rotatable bonds is 5. The Balaban J connectivity index is 1.78. The Hall–Kier alpha value is -2.18. The molecule has 6 heteroatoms. The summed E-state index contributed by atoms with van der Waals surface area (Å²) in [6.45, 7) is 1.97. The second-order valence-electron chi connectivity index (χ2n) is 5.74. The van der Waals surface area contributed by atoms with E-state index in [2.05, 4.69) is 10.0 Å². The van der Waals surface area contributed by atoms with Gasteiger partial charge in [-0.1, -0.05) is 23.8 Å². The van der Waals surface area contributed by atoms with Crippen molar-refractivity contribution in [2.75, 3.05) is 5.32 Å². The van der Waals surface area contributed by atoms with Gasteiger partial charge in [0.25, 0.3) is 5.91 Å². The normalized spacial score (nSPS) is 14.5. The first-order chi connectivity index (χ1) is 10.9. The summed E-state index contributed by atoms with van der Waals surface area (Å²) in [5, 5.41) is 2.76. The van der Waals surface area contributed by atoms with Gasteiger partial charge in [0.1, 0.15) is 0 Å². The van der Waals surface area contributed by atoms with Gasteiger partial charge < -0.3 is 5.32 Å². The van der Waals surface area contributed by atoms with Crippen LogP contribution in [0.15, 0.2) is 53.4 Å². The molecule has 1 amide bonds. The number of carbonyl (C=O) groups excluding carboxylic acids is 1. The van der Waals surface area contributed by atoms with Crippen LogP contribution in [0.5, 0.6) is 0 Å². The maximum atomic E-state index is 12.3. The minimum Gasteiger partial charge on any atom is -0.322 e. The molecular weight excluding hydrogens is 312 g/mol. The Morgan fingerprint density at radius 2 is 1.78 bits per heavy atom. The summed E-state index contributed by atoms with van der Waals surface area (Å²) in [5.41, 5.74) is 2.08. The molecule has 2 aromatic carbocycles. The van der Waals surface area contributed by atoms with Gasteiger partial charge in [-0.25, -0.2) is 13.1 Å². The van der Waals surface area contributed by atoms with Crippen LogP contribution in [-0.2, 0) is 10.0 Å². The molecule has 1 aliphatic rings. The molecule has 2 aromatic rings. The molecule has 1 fully saturated rings. The molecule has 0 aliphatic heterocycles. The third-order valence-electron chi connectivity index (χ3n) is 3.62. The van der Waals surface area contributed by atoms with Crippen LogP contribution < -0.4 is 10.0 Å². The van der Waals surface area contributed by atoms with Gasteiger partial charge in [0.15, 0.2) is 0 Å². The van der Waals surface area contributed by atoms with Crippen LogP contribution in [-0.4, -0.2) is 20.4 Å². The number of amides is 1. The van der Waals surface area contributed by atoms with Crippen molar-refractivity contribution in [2.45, 2.75) is 30.7 Å². The van der Waals surface area contributed by atoms with E-state index in [0.29, 0.717) is 11.3 Å². The van der Waals surface area contributed by atoms with Crippen molar-refractivity contribution >= 4 is 21.6 Å². The van der Waals surface area contributed by atoms with E-state index in [-0.39, 0.29) is 16.8 Å². The Labute approximate surface area is 135 Å². The van der Waals surface area contributed by atoms with Gasteiger partial charge in [-0.3, -0.25) is 4.79 Å². The first kappa shape index (κ1) is 15.7. The molecule has 0 heterocycles. The molecule has 5 nitrogen and oxygen atoms in total. The Morgan fingerprint density at radius 1 is 1.09 bits per heavy atom. The van der Waals surface area contributed by atoms with Crippen LogP contribution in [0.3, 0.4) is 0 Å². The van der Waals surface area contributed by atoms with E-state index in [1.54, 1.807) is 12.1 Å². The molecule has 0 bridgehead atoms. The largest absolute Gasteiger partial charge is 0.322 e. The lowest BCUT2D eigenvalue weighted by molar-refractivity contribution is 0.102. The molecule has 0 spiro atoms. The number of benzene rings is 2. The zero-order valence-corrected chi connectivity index (χ0v) is 13.6. The molecule has 0 aromatic heterocycles. The van der Waals surface area contributed by atoms with Crippen molar-refractivity contribution in [3.8, 4) is 0 Å². The molecule has 3 rings (SSSR count). The lowest BCUT2D eigenvalue weighted by Gasteiger charge is -2.09. The quantitative estimate of drug-likeness (QED) is 0.885. The topological polar surface area (TPSA) is 75.3 Å². The molecule has 120 valence electrons. The van der Waals surface area contributed by atoms with E-state index in [0.717, 1.165) is 18.4 Å². The van der Waals surface area contributed by atoms with Crippen molar-refractivity contribution in [3.05, 3.63) is 59.7 Å². The van der Waals surface area contributed by atoms with E-state index in [1.807, 2.05) is 31.2 Å². The van der Waals surface area contributed by atoms with Crippen LogP contribution in [0.2, 0.25) is 0 Å². The van der Waals surface area contributed by atoms with Crippen molar-refractivity contribution in [2.24, 2.45) is 0 Å². The number of nitrogens with one attached hydrogen (secondary N) is 2. The maximum absolute atomic E-state index is 12.3. The summed E-state index contributed by atoms with van der Waals surface area (Å²) in [6.07, 6.45) is 1.74. The predicted octanol–water partition coefficient (Wildman–Crippen LogP) is 2.69. The second kappa shape index (κ2) is 6.14. The van der Waals surface area contributed by atoms with Crippen molar-refractivity contribution in [1.82, 2.24) is 4.72 Å². The van der Waals surface area contributed by atoms with Crippen molar-refractivity contribution in [1.29, 1.82) is 0 Å². The Kier molecular flexibility index (Phi) is 4.19. The van der Waals surface area contributed by atoms with Crippen LogP contribution in [0, 0.1) is 6.92 Å². The number of anilines is 1. The second-order valence-corrected chi connectivity index (χ2v) is 7.46. The average Bonchev–Trinajstić information content (AvgIpc) is 3.33. The number of aryl methyl sites for hydroxylation is 1. The van der Waals surface area contributed by atoms with Gasteiger partial charge in [0.2, 0.25) is 10.0 Å². The minimum atomic E-state index is -3.56. The zero-order chi connectivity index (χ0) is 16.4. The van der Waals surface area contributed by atoms with Crippen molar-refractivity contribution < 1.29 is 13.2 Å². The minimum absolute atomic E-state index is 0.0324. The standard InChI is InChI=1S/C17H18N2O3S/c1-12-5-7-14(8-6-12)18-17(20)13-3-2-4-16(11-13)23(21,22)19-15-9-10-15/h2-8,11,15,19H,9-10H2,1H3,(H,18,20). The molecule has 0 atom stereocenters. The Bertz CT molecular complexity index is 825. The van der Waals surface area contributed by atoms with E-state index in [9.17, 15) is 13.2 Å². The van der Waals surface area contributed by atoms with Crippen LogP contribution >= 0.6 is 0 Å². The van der Waals surface area contributed by atoms with Crippen LogP contribution in [0.1, 0.15) is 28.8 Å². The lowest BCUT2D eigenvalue weighted by atomic mass is 10.2. The fraction of sp³-hybridized carbons (Fsp3) is 0.235. The number of hydrogen-bond acceptors (Lipinski definition) is 3. The first-order valence-electron chi connectivity index (χ1n) is 7.44. The number of sulfonamides is 1. The van der Waals surface area contributed by atoms with E-state index < -0.39 is 10.0 Å². The predicted molar refractivity (Wildman–Crippen MR) is 88.9 cm³/mol. The van der Waals surface area contributed by atoms with E-state index in [4.69, 9.17) is 0 Å². The molecule has 0 saturated heterocycles. The molecule has 1 saturated carbocycles. The van der Waals surface area contributed by atoms with Gasteiger partial charge in [-0.2, -0.15) is 0 Å². The van der Waals surface area contributed by atoms with Crippen LogP contribution in [0.4, 0.5) is 5.69 Å². The summed E-state index contributed by atoms with van der Waals surface area (Å²) in [5.74, 6) is -0.336. The molecular formula is C17H18N2O3S. The van der Waals surface area contributed by atoms with E-state index >= 15 is 0 Å². The van der Waals surface area contributed by atoms with Gasteiger partial charge in [0, 0.05) is 17.3 Å². The van der Waals surface area contributed by atoms with Gasteiger partial charge >= 0.3 is 0 Å². The third-order valence-corrected chi connectivity index (χ3v) is 5.13. The highest BCUT2D eigenvalue weighted by molar-refractivity contribution is 7.89. The van der Waals surface area contributed by atoms with Gasteiger partial charge in [0.05, 0.1) is 4.90 Å². The Morgan fingerprint density at radius 3 is 2.43 bits per heavy atom. The highest BCUT2D eigenvalue weighted by Gasteiger charge is 2.28. The van der Waals surface area contributed by atoms with Crippen molar-refractivity contribution in [3.63, 3.8) is 0 Å². The summed E-state index contributed by atoms with van der Waals surface area (Å²) >= 11 is 0. The van der Waals surface area contributed by atoms with E-state index in [1.165, 1.54) is 12.1 Å². The average molecular weight is 330 g/mol. The third kappa shape index (κ3) is 3.97. The molecule has 1 aliphatic carbocycles.